The number of urea groups is 1. The number of nitrogens with one attached hydrogen (secondary N) is 2. The summed E-state index contributed by atoms with van der Waals surface area (Å²) in [6.07, 6.45) is 3.83. The monoisotopic (exact) mass is 233 g/mol. The predicted molar refractivity (Wildman–Crippen MR) is 61.8 cm³/mol. The summed E-state index contributed by atoms with van der Waals surface area (Å²) in [6.45, 7) is 1.96. The van der Waals surface area contributed by atoms with E-state index in [-0.39, 0.29) is 17.9 Å². The lowest BCUT2D eigenvalue weighted by Gasteiger charge is -2.22. The number of amidine groups is 1. The first-order chi connectivity index (χ1) is 8.09. The molecule has 1 saturated carbocycles. The van der Waals surface area contributed by atoms with Crippen molar-refractivity contribution in [2.24, 2.45) is 7.05 Å². The van der Waals surface area contributed by atoms with Crippen molar-refractivity contribution >= 4 is 11.9 Å². The van der Waals surface area contributed by atoms with E-state index in [0.29, 0.717) is 6.04 Å². The molecule has 6 nitrogen and oxygen atoms in total. The Morgan fingerprint density at radius 3 is 2.76 bits per heavy atom. The van der Waals surface area contributed by atoms with Crippen LogP contribution in [0.2, 0.25) is 0 Å². The third-order valence-corrected chi connectivity index (χ3v) is 3.54. The van der Waals surface area contributed by atoms with Crippen LogP contribution < -0.4 is 5.32 Å². The van der Waals surface area contributed by atoms with Gasteiger partial charge in [0, 0.05) is 24.3 Å². The number of carbonyl (C=O) groups is 1. The van der Waals surface area contributed by atoms with Gasteiger partial charge in [0.1, 0.15) is 11.9 Å². The van der Waals surface area contributed by atoms with E-state index >= 15 is 0 Å². The lowest BCUT2D eigenvalue weighted by atomic mass is 10.1. The highest BCUT2D eigenvalue weighted by atomic mass is 16.2. The molecule has 1 aliphatic heterocycles. The number of aromatic nitrogens is 2. The molecule has 0 radical (unpaired) electrons. The number of aryl methyl sites for hydroxylation is 1. The SMILES string of the molecule is Cc1c(C2C(=N)NC(=O)N2C2CC2)cnn1C. The molecule has 90 valence electrons. The summed E-state index contributed by atoms with van der Waals surface area (Å²) >= 11 is 0. The highest BCUT2D eigenvalue weighted by molar-refractivity contribution is 6.06. The summed E-state index contributed by atoms with van der Waals surface area (Å²) in [7, 11) is 1.87. The van der Waals surface area contributed by atoms with E-state index in [1.165, 1.54) is 0 Å². The molecular formula is C11H15N5O. The fourth-order valence-corrected chi connectivity index (χ4v) is 2.32. The van der Waals surface area contributed by atoms with Crippen LogP contribution in [0.15, 0.2) is 6.20 Å². The van der Waals surface area contributed by atoms with Crippen molar-refractivity contribution in [3.05, 3.63) is 17.5 Å². The first kappa shape index (κ1) is 10.3. The Balaban J connectivity index is 2.02. The molecule has 2 amide bonds. The first-order valence-corrected chi connectivity index (χ1v) is 5.76. The Morgan fingerprint density at radius 2 is 2.24 bits per heavy atom. The Bertz CT molecular complexity index is 502. The van der Waals surface area contributed by atoms with Crippen LogP contribution in [-0.2, 0) is 7.05 Å². The van der Waals surface area contributed by atoms with Gasteiger partial charge < -0.3 is 4.90 Å². The molecule has 1 saturated heterocycles. The Labute approximate surface area is 99.1 Å². The maximum absolute atomic E-state index is 11.8. The second-order valence-corrected chi connectivity index (χ2v) is 4.69. The van der Waals surface area contributed by atoms with E-state index in [0.717, 1.165) is 24.1 Å². The van der Waals surface area contributed by atoms with Crippen molar-refractivity contribution in [3.63, 3.8) is 0 Å². The van der Waals surface area contributed by atoms with Crippen molar-refractivity contribution < 1.29 is 4.79 Å². The van der Waals surface area contributed by atoms with Gasteiger partial charge in [-0.05, 0) is 19.8 Å². The molecule has 1 aliphatic carbocycles. The van der Waals surface area contributed by atoms with Crippen molar-refractivity contribution in [1.82, 2.24) is 20.0 Å². The van der Waals surface area contributed by atoms with Gasteiger partial charge in [0.25, 0.3) is 0 Å². The standard InChI is InChI=1S/C11H15N5O/c1-6-8(5-13-15(6)2)9-10(12)14-11(17)16(9)7-3-4-7/h5,7,9H,3-4H2,1-2H3,(H2,12,14,17). The number of carbonyl (C=O) groups excluding carboxylic acids is 1. The van der Waals surface area contributed by atoms with Gasteiger partial charge >= 0.3 is 6.03 Å². The Hall–Kier alpha value is -1.85. The molecule has 1 aromatic heterocycles. The molecular weight excluding hydrogens is 218 g/mol. The smallest absolute Gasteiger partial charge is 0.307 e. The molecule has 17 heavy (non-hydrogen) atoms. The van der Waals surface area contributed by atoms with Crippen LogP contribution in [-0.4, -0.2) is 32.6 Å². The van der Waals surface area contributed by atoms with Gasteiger partial charge in [-0.15, -0.1) is 0 Å². The molecule has 2 aliphatic rings. The zero-order valence-corrected chi connectivity index (χ0v) is 9.90. The second-order valence-electron chi connectivity index (χ2n) is 4.69. The van der Waals surface area contributed by atoms with Crippen LogP contribution in [0, 0.1) is 12.3 Å². The molecule has 2 heterocycles. The van der Waals surface area contributed by atoms with Gasteiger partial charge in [0.15, 0.2) is 0 Å². The van der Waals surface area contributed by atoms with E-state index in [1.807, 2.05) is 14.0 Å². The van der Waals surface area contributed by atoms with Crippen LogP contribution in [0.1, 0.15) is 30.1 Å². The van der Waals surface area contributed by atoms with Crippen LogP contribution >= 0.6 is 0 Å². The largest absolute Gasteiger partial charge is 0.323 e. The molecule has 0 bridgehead atoms. The molecule has 2 fully saturated rings. The van der Waals surface area contributed by atoms with Crippen LogP contribution in [0.5, 0.6) is 0 Å². The molecule has 1 unspecified atom stereocenters. The number of amides is 2. The topological polar surface area (TPSA) is 74.0 Å². The third kappa shape index (κ3) is 1.44. The second kappa shape index (κ2) is 3.32. The minimum atomic E-state index is -0.274. The molecule has 6 heteroatoms. The van der Waals surface area contributed by atoms with Crippen molar-refractivity contribution in [2.75, 3.05) is 0 Å². The highest BCUT2D eigenvalue weighted by Gasteiger charge is 2.46. The van der Waals surface area contributed by atoms with Crippen molar-refractivity contribution in [1.29, 1.82) is 5.41 Å². The summed E-state index contributed by atoms with van der Waals surface area (Å²) in [4.78, 5) is 13.6. The normalized spacial score (nSPS) is 24.4. The predicted octanol–water partition coefficient (Wildman–Crippen LogP) is 0.934. The van der Waals surface area contributed by atoms with Crippen LogP contribution in [0.3, 0.4) is 0 Å². The number of nitrogens with zero attached hydrogens (tertiary/aromatic N) is 3. The average Bonchev–Trinajstić information content (AvgIpc) is 3.00. The molecule has 0 spiro atoms. The lowest BCUT2D eigenvalue weighted by molar-refractivity contribution is 0.202. The van der Waals surface area contributed by atoms with Crippen molar-refractivity contribution in [2.45, 2.75) is 31.8 Å². The van der Waals surface area contributed by atoms with E-state index < -0.39 is 0 Å². The third-order valence-electron chi connectivity index (χ3n) is 3.54. The Morgan fingerprint density at radius 1 is 1.53 bits per heavy atom. The first-order valence-electron chi connectivity index (χ1n) is 5.76. The minimum absolute atomic E-state index is 0.147. The summed E-state index contributed by atoms with van der Waals surface area (Å²) in [6, 6.07) is -0.128. The fraction of sp³-hybridized carbons (Fsp3) is 0.545. The number of hydrogen-bond donors (Lipinski definition) is 2. The minimum Gasteiger partial charge on any atom is -0.307 e. The molecule has 0 aromatic carbocycles. The molecule has 3 rings (SSSR count). The van der Waals surface area contributed by atoms with Gasteiger partial charge in [0.05, 0.1) is 6.20 Å². The lowest BCUT2D eigenvalue weighted by Crippen LogP contribution is -2.32. The Kier molecular flexibility index (Phi) is 2.01. The van der Waals surface area contributed by atoms with Crippen LogP contribution in [0.25, 0.3) is 0 Å². The molecule has 1 atom stereocenters. The number of rotatable bonds is 2. The van der Waals surface area contributed by atoms with Gasteiger partial charge in [-0.1, -0.05) is 0 Å². The maximum atomic E-state index is 11.8. The average molecular weight is 233 g/mol. The molecule has 2 N–H and O–H groups in total. The van der Waals surface area contributed by atoms with Gasteiger partial charge in [-0.2, -0.15) is 5.10 Å². The highest BCUT2D eigenvalue weighted by Crippen LogP contribution is 2.38. The summed E-state index contributed by atoms with van der Waals surface area (Å²) in [5.74, 6) is 0.262. The summed E-state index contributed by atoms with van der Waals surface area (Å²) < 4.78 is 1.77. The van der Waals surface area contributed by atoms with Crippen LogP contribution in [0.4, 0.5) is 4.79 Å². The van der Waals surface area contributed by atoms with Gasteiger partial charge in [-0.3, -0.25) is 15.4 Å². The van der Waals surface area contributed by atoms with Gasteiger partial charge in [0.2, 0.25) is 0 Å². The van der Waals surface area contributed by atoms with E-state index in [4.69, 9.17) is 5.41 Å². The van der Waals surface area contributed by atoms with E-state index in [1.54, 1.807) is 15.8 Å². The maximum Gasteiger partial charge on any atom is 0.323 e. The van der Waals surface area contributed by atoms with Gasteiger partial charge in [-0.25, -0.2) is 4.79 Å². The zero-order chi connectivity index (χ0) is 12.2. The van der Waals surface area contributed by atoms with E-state index in [9.17, 15) is 4.79 Å². The number of hydrogen-bond acceptors (Lipinski definition) is 3. The van der Waals surface area contributed by atoms with E-state index in [2.05, 4.69) is 10.4 Å². The quantitative estimate of drug-likeness (QED) is 0.797. The summed E-state index contributed by atoms with van der Waals surface area (Å²) in [5.41, 5.74) is 1.95. The fourth-order valence-electron chi connectivity index (χ4n) is 2.32. The zero-order valence-electron chi connectivity index (χ0n) is 9.90. The molecule has 1 aromatic rings. The van der Waals surface area contributed by atoms with Crippen molar-refractivity contribution in [3.8, 4) is 0 Å². The summed E-state index contributed by atoms with van der Waals surface area (Å²) in [5, 5.41) is 14.7.